The van der Waals surface area contributed by atoms with Crippen molar-refractivity contribution in [3.8, 4) is 0 Å². The van der Waals surface area contributed by atoms with Crippen LogP contribution in [-0.2, 0) is 12.0 Å². The van der Waals surface area contributed by atoms with Gasteiger partial charge < -0.3 is 5.11 Å². The molecule has 0 fully saturated rings. The van der Waals surface area contributed by atoms with Gasteiger partial charge in [0.1, 0.15) is 5.56 Å². The molecule has 0 bridgehead atoms. The molecule has 5 heteroatoms. The predicted molar refractivity (Wildman–Crippen MR) is 56.4 cm³/mol. The Morgan fingerprint density at radius 3 is 2.27 bits per heavy atom. The SMILES string of the molecule is CCc1[nH]n(C(C)(C)C)c(=O)c1C(=O)O. The molecule has 0 aliphatic rings. The molecule has 1 heterocycles. The fourth-order valence-corrected chi connectivity index (χ4v) is 1.43. The van der Waals surface area contributed by atoms with Crippen LogP contribution in [0.25, 0.3) is 0 Å². The number of aryl methyl sites for hydroxylation is 1. The summed E-state index contributed by atoms with van der Waals surface area (Å²) in [5.41, 5.74) is -0.573. The summed E-state index contributed by atoms with van der Waals surface area (Å²) in [6, 6.07) is 0. The van der Waals surface area contributed by atoms with E-state index < -0.39 is 17.1 Å². The number of aromatic nitrogens is 2. The van der Waals surface area contributed by atoms with E-state index in [1.165, 1.54) is 4.68 Å². The van der Waals surface area contributed by atoms with E-state index in [1.54, 1.807) is 0 Å². The van der Waals surface area contributed by atoms with Crippen LogP contribution in [0.4, 0.5) is 0 Å². The third-order valence-corrected chi connectivity index (χ3v) is 2.20. The van der Waals surface area contributed by atoms with Crippen molar-refractivity contribution in [1.29, 1.82) is 0 Å². The Morgan fingerprint density at radius 2 is 2.00 bits per heavy atom. The molecule has 0 aliphatic heterocycles. The van der Waals surface area contributed by atoms with Gasteiger partial charge in [-0.1, -0.05) is 6.92 Å². The number of aromatic amines is 1. The Morgan fingerprint density at radius 1 is 1.47 bits per heavy atom. The molecule has 84 valence electrons. The number of hydrogen-bond acceptors (Lipinski definition) is 2. The van der Waals surface area contributed by atoms with Crippen molar-refractivity contribution in [2.24, 2.45) is 0 Å². The van der Waals surface area contributed by atoms with E-state index in [0.717, 1.165) is 0 Å². The molecule has 0 aliphatic carbocycles. The highest BCUT2D eigenvalue weighted by Gasteiger charge is 2.24. The van der Waals surface area contributed by atoms with Crippen LogP contribution < -0.4 is 5.56 Å². The average molecular weight is 212 g/mol. The molecule has 2 N–H and O–H groups in total. The molecule has 15 heavy (non-hydrogen) atoms. The van der Waals surface area contributed by atoms with E-state index >= 15 is 0 Å². The number of carboxylic acids is 1. The minimum absolute atomic E-state index is 0.146. The van der Waals surface area contributed by atoms with Crippen molar-refractivity contribution in [2.75, 3.05) is 0 Å². The maximum atomic E-state index is 11.8. The zero-order chi connectivity index (χ0) is 11.8. The van der Waals surface area contributed by atoms with Crippen LogP contribution in [0, 0.1) is 0 Å². The van der Waals surface area contributed by atoms with Crippen LogP contribution in [0.3, 0.4) is 0 Å². The van der Waals surface area contributed by atoms with Gasteiger partial charge in [0.25, 0.3) is 5.56 Å². The molecule has 0 saturated carbocycles. The second-order valence-electron chi connectivity index (χ2n) is 4.44. The van der Waals surface area contributed by atoms with Crippen LogP contribution >= 0.6 is 0 Å². The molecule has 1 rings (SSSR count). The molecule has 1 aromatic heterocycles. The zero-order valence-corrected chi connectivity index (χ0v) is 9.42. The molecule has 0 radical (unpaired) electrons. The number of nitrogens with zero attached hydrogens (tertiary/aromatic N) is 1. The van der Waals surface area contributed by atoms with Crippen LogP contribution in [-0.4, -0.2) is 20.9 Å². The lowest BCUT2D eigenvalue weighted by Crippen LogP contribution is -2.34. The highest BCUT2D eigenvalue weighted by atomic mass is 16.4. The molecular formula is C10H16N2O3. The standard InChI is InChI=1S/C10H16N2O3/c1-5-6-7(9(14)15)8(13)12(11-6)10(2,3)4/h11H,5H2,1-4H3,(H,14,15). The van der Waals surface area contributed by atoms with Gasteiger partial charge in [0, 0.05) is 0 Å². The van der Waals surface area contributed by atoms with Gasteiger partial charge >= 0.3 is 5.97 Å². The predicted octanol–water partition coefficient (Wildman–Crippen LogP) is 1.19. The van der Waals surface area contributed by atoms with Crippen LogP contribution in [0.5, 0.6) is 0 Å². The second kappa shape index (κ2) is 3.56. The molecule has 5 nitrogen and oxygen atoms in total. The summed E-state index contributed by atoms with van der Waals surface area (Å²) in [5.74, 6) is -1.17. The van der Waals surface area contributed by atoms with Gasteiger partial charge in [0.05, 0.1) is 11.2 Å². The number of carboxylic acid groups (broad SMARTS) is 1. The van der Waals surface area contributed by atoms with Gasteiger partial charge in [-0.2, -0.15) is 0 Å². The maximum absolute atomic E-state index is 11.8. The van der Waals surface area contributed by atoms with E-state index in [0.29, 0.717) is 12.1 Å². The smallest absolute Gasteiger partial charge is 0.343 e. The van der Waals surface area contributed by atoms with Crippen molar-refractivity contribution in [3.63, 3.8) is 0 Å². The molecule has 0 amide bonds. The van der Waals surface area contributed by atoms with E-state index in [9.17, 15) is 9.59 Å². The molecule has 1 aromatic rings. The Hall–Kier alpha value is -1.52. The minimum atomic E-state index is -1.17. The summed E-state index contributed by atoms with van der Waals surface area (Å²) in [5, 5.41) is 11.8. The number of carbonyl (C=O) groups is 1. The molecule has 0 atom stereocenters. The lowest BCUT2D eigenvalue weighted by atomic mass is 10.1. The molecule has 0 unspecified atom stereocenters. The number of hydrogen-bond donors (Lipinski definition) is 2. The highest BCUT2D eigenvalue weighted by molar-refractivity contribution is 5.88. The van der Waals surface area contributed by atoms with Gasteiger partial charge in [0.2, 0.25) is 0 Å². The summed E-state index contributed by atoms with van der Waals surface area (Å²) in [4.78, 5) is 22.7. The average Bonchev–Trinajstić information content (AvgIpc) is 2.41. The first-order valence-electron chi connectivity index (χ1n) is 4.86. The van der Waals surface area contributed by atoms with Crippen molar-refractivity contribution >= 4 is 5.97 Å². The van der Waals surface area contributed by atoms with Crippen LogP contribution in [0.2, 0.25) is 0 Å². The topological polar surface area (TPSA) is 75.1 Å². The Bertz CT molecular complexity index is 435. The first-order valence-corrected chi connectivity index (χ1v) is 4.86. The molecule has 0 aromatic carbocycles. The lowest BCUT2D eigenvalue weighted by molar-refractivity contribution is 0.0694. The first-order chi connectivity index (χ1) is 6.79. The van der Waals surface area contributed by atoms with E-state index in [4.69, 9.17) is 5.11 Å². The van der Waals surface area contributed by atoms with Gasteiger partial charge in [-0.05, 0) is 27.2 Å². The summed E-state index contributed by atoms with van der Waals surface area (Å²) in [7, 11) is 0. The summed E-state index contributed by atoms with van der Waals surface area (Å²) >= 11 is 0. The van der Waals surface area contributed by atoms with Gasteiger partial charge in [-0.25, -0.2) is 9.48 Å². The monoisotopic (exact) mass is 212 g/mol. The maximum Gasteiger partial charge on any atom is 0.343 e. The van der Waals surface area contributed by atoms with E-state index in [2.05, 4.69) is 5.10 Å². The second-order valence-corrected chi connectivity index (χ2v) is 4.44. The molecule has 0 saturated heterocycles. The van der Waals surface area contributed by atoms with Gasteiger partial charge in [-0.15, -0.1) is 0 Å². The summed E-state index contributed by atoms with van der Waals surface area (Å²) in [6.45, 7) is 7.34. The van der Waals surface area contributed by atoms with Crippen molar-refractivity contribution in [3.05, 3.63) is 21.6 Å². The van der Waals surface area contributed by atoms with Crippen molar-refractivity contribution < 1.29 is 9.90 Å². The quantitative estimate of drug-likeness (QED) is 0.773. The first kappa shape index (κ1) is 11.6. The largest absolute Gasteiger partial charge is 0.477 e. The zero-order valence-electron chi connectivity index (χ0n) is 9.42. The fraction of sp³-hybridized carbons (Fsp3) is 0.600. The lowest BCUT2D eigenvalue weighted by Gasteiger charge is -2.19. The molecular weight excluding hydrogens is 196 g/mol. The number of H-pyrrole nitrogens is 1. The van der Waals surface area contributed by atoms with E-state index in [-0.39, 0.29) is 5.56 Å². The van der Waals surface area contributed by atoms with Crippen LogP contribution in [0.1, 0.15) is 43.7 Å². The van der Waals surface area contributed by atoms with E-state index in [1.807, 2.05) is 27.7 Å². The Labute approximate surface area is 87.7 Å². The van der Waals surface area contributed by atoms with Gasteiger partial charge in [0.15, 0.2) is 0 Å². The minimum Gasteiger partial charge on any atom is -0.477 e. The summed E-state index contributed by atoms with van der Waals surface area (Å²) < 4.78 is 1.36. The highest BCUT2D eigenvalue weighted by Crippen LogP contribution is 2.12. The normalized spacial score (nSPS) is 11.7. The number of nitrogens with one attached hydrogen (secondary N) is 1. The van der Waals surface area contributed by atoms with Crippen molar-refractivity contribution in [2.45, 2.75) is 39.7 Å². The number of aromatic carboxylic acids is 1. The van der Waals surface area contributed by atoms with Crippen LogP contribution in [0.15, 0.2) is 4.79 Å². The fourth-order valence-electron chi connectivity index (χ4n) is 1.43. The third kappa shape index (κ3) is 1.95. The van der Waals surface area contributed by atoms with Crippen molar-refractivity contribution in [1.82, 2.24) is 9.78 Å². The molecule has 0 spiro atoms. The Kier molecular flexibility index (Phi) is 2.75. The third-order valence-electron chi connectivity index (χ3n) is 2.20. The van der Waals surface area contributed by atoms with Gasteiger partial charge in [-0.3, -0.25) is 9.89 Å². The Balaban J connectivity index is 3.49. The summed E-state index contributed by atoms with van der Waals surface area (Å²) in [6.07, 6.45) is 0.500. The number of rotatable bonds is 2.